The van der Waals surface area contributed by atoms with E-state index in [2.05, 4.69) is 23.5 Å². The van der Waals surface area contributed by atoms with Gasteiger partial charge in [-0.25, -0.2) is 0 Å². The third-order valence-electron chi connectivity index (χ3n) is 3.92. The Balaban J connectivity index is 1.65. The molecular weight excluding hydrogens is 214 g/mol. The van der Waals surface area contributed by atoms with Crippen molar-refractivity contribution in [2.45, 2.75) is 19.3 Å². The molecule has 0 bridgehead atoms. The average molecular weight is 233 g/mol. The van der Waals surface area contributed by atoms with E-state index in [1.54, 1.807) is 0 Å². The van der Waals surface area contributed by atoms with Crippen LogP contribution in [0, 0.1) is 5.41 Å². The number of aryl methyl sites for hydroxylation is 2. The zero-order valence-electron chi connectivity index (χ0n) is 10.0. The summed E-state index contributed by atoms with van der Waals surface area (Å²) in [6.45, 7) is 2.33. The van der Waals surface area contributed by atoms with Gasteiger partial charge in [0.1, 0.15) is 0 Å². The van der Waals surface area contributed by atoms with Gasteiger partial charge in [-0.3, -0.25) is 0 Å². The van der Waals surface area contributed by atoms with Crippen molar-refractivity contribution in [1.29, 1.82) is 0 Å². The lowest BCUT2D eigenvalue weighted by atomic mass is 9.87. The SMILES string of the molecule is OCC1(CNc2ccc3c(c2)CCC3)COC1. The summed E-state index contributed by atoms with van der Waals surface area (Å²) in [4.78, 5) is 0. The molecule has 1 heterocycles. The molecule has 92 valence electrons. The first-order chi connectivity index (χ1) is 8.31. The minimum Gasteiger partial charge on any atom is -0.396 e. The maximum absolute atomic E-state index is 9.35. The fourth-order valence-corrected chi connectivity index (χ4v) is 2.61. The molecule has 3 rings (SSSR count). The molecule has 0 unspecified atom stereocenters. The van der Waals surface area contributed by atoms with E-state index < -0.39 is 0 Å². The van der Waals surface area contributed by atoms with Gasteiger partial charge in [-0.05, 0) is 42.5 Å². The predicted molar refractivity (Wildman–Crippen MR) is 67.3 cm³/mol. The van der Waals surface area contributed by atoms with E-state index in [9.17, 15) is 5.11 Å². The molecule has 3 nitrogen and oxygen atoms in total. The molecule has 0 amide bonds. The number of fused-ring (bicyclic) bond motifs is 1. The summed E-state index contributed by atoms with van der Waals surface area (Å²) < 4.78 is 5.19. The predicted octanol–water partition coefficient (Wildman–Crippen LogP) is 1.60. The lowest BCUT2D eigenvalue weighted by Crippen LogP contribution is -2.50. The van der Waals surface area contributed by atoms with E-state index in [1.807, 2.05) is 0 Å². The summed E-state index contributed by atoms with van der Waals surface area (Å²) in [6, 6.07) is 6.63. The molecule has 0 atom stereocenters. The Kier molecular flexibility index (Phi) is 2.81. The number of hydrogen-bond acceptors (Lipinski definition) is 3. The van der Waals surface area contributed by atoms with E-state index in [0.717, 1.165) is 6.54 Å². The van der Waals surface area contributed by atoms with Crippen LogP contribution >= 0.6 is 0 Å². The van der Waals surface area contributed by atoms with E-state index in [1.165, 1.54) is 36.1 Å². The molecule has 0 radical (unpaired) electrons. The zero-order valence-corrected chi connectivity index (χ0v) is 10.0. The molecule has 0 aromatic heterocycles. The van der Waals surface area contributed by atoms with Gasteiger partial charge in [0.15, 0.2) is 0 Å². The van der Waals surface area contributed by atoms with Crippen LogP contribution in [-0.4, -0.2) is 31.5 Å². The Labute approximate surface area is 102 Å². The van der Waals surface area contributed by atoms with Gasteiger partial charge in [0, 0.05) is 12.2 Å². The van der Waals surface area contributed by atoms with Crippen LogP contribution in [0.4, 0.5) is 5.69 Å². The van der Waals surface area contributed by atoms with Crippen molar-refractivity contribution in [1.82, 2.24) is 0 Å². The Bertz CT molecular complexity index is 407. The van der Waals surface area contributed by atoms with Gasteiger partial charge < -0.3 is 15.2 Å². The van der Waals surface area contributed by atoms with Crippen LogP contribution < -0.4 is 5.32 Å². The Morgan fingerprint density at radius 2 is 2.06 bits per heavy atom. The van der Waals surface area contributed by atoms with Gasteiger partial charge >= 0.3 is 0 Å². The van der Waals surface area contributed by atoms with E-state index >= 15 is 0 Å². The van der Waals surface area contributed by atoms with Crippen molar-refractivity contribution in [3.05, 3.63) is 29.3 Å². The lowest BCUT2D eigenvalue weighted by Gasteiger charge is -2.40. The summed E-state index contributed by atoms with van der Waals surface area (Å²) >= 11 is 0. The van der Waals surface area contributed by atoms with E-state index in [-0.39, 0.29) is 12.0 Å². The third-order valence-corrected chi connectivity index (χ3v) is 3.92. The van der Waals surface area contributed by atoms with Crippen molar-refractivity contribution in [3.63, 3.8) is 0 Å². The number of benzene rings is 1. The van der Waals surface area contributed by atoms with Crippen LogP contribution in [0.5, 0.6) is 0 Å². The largest absolute Gasteiger partial charge is 0.396 e. The molecule has 0 spiro atoms. The van der Waals surface area contributed by atoms with E-state index in [4.69, 9.17) is 4.74 Å². The number of nitrogens with one attached hydrogen (secondary N) is 1. The minimum atomic E-state index is -0.0565. The molecule has 2 aliphatic rings. The molecule has 0 saturated carbocycles. The zero-order chi connectivity index (χ0) is 11.7. The number of ether oxygens (including phenoxy) is 1. The second-order valence-electron chi connectivity index (χ2n) is 5.34. The number of rotatable bonds is 4. The second-order valence-corrected chi connectivity index (χ2v) is 5.34. The smallest absolute Gasteiger partial charge is 0.0584 e. The summed E-state index contributed by atoms with van der Waals surface area (Å²) in [5.74, 6) is 0. The van der Waals surface area contributed by atoms with Crippen LogP contribution in [0.3, 0.4) is 0 Å². The molecule has 17 heavy (non-hydrogen) atoms. The number of hydrogen-bond donors (Lipinski definition) is 2. The normalized spacial score (nSPS) is 20.8. The van der Waals surface area contributed by atoms with Crippen molar-refractivity contribution in [2.75, 3.05) is 31.7 Å². The molecule has 1 aliphatic carbocycles. The maximum Gasteiger partial charge on any atom is 0.0584 e. The average Bonchev–Trinajstić information content (AvgIpc) is 2.75. The van der Waals surface area contributed by atoms with Gasteiger partial charge in [0.2, 0.25) is 0 Å². The van der Waals surface area contributed by atoms with Crippen LogP contribution in [0.1, 0.15) is 17.5 Å². The Morgan fingerprint density at radius 3 is 2.76 bits per heavy atom. The van der Waals surface area contributed by atoms with Gasteiger partial charge in [-0.1, -0.05) is 6.07 Å². The fourth-order valence-electron chi connectivity index (χ4n) is 2.61. The summed E-state index contributed by atoms with van der Waals surface area (Å²) in [6.07, 6.45) is 3.72. The number of aliphatic hydroxyl groups is 1. The molecule has 1 saturated heterocycles. The highest BCUT2D eigenvalue weighted by molar-refractivity contribution is 5.50. The van der Waals surface area contributed by atoms with Crippen molar-refractivity contribution in [2.24, 2.45) is 5.41 Å². The monoisotopic (exact) mass is 233 g/mol. The summed E-state index contributed by atoms with van der Waals surface area (Å²) in [5.41, 5.74) is 4.10. The highest BCUT2D eigenvalue weighted by Crippen LogP contribution is 2.29. The maximum atomic E-state index is 9.35. The minimum absolute atomic E-state index is 0.0565. The van der Waals surface area contributed by atoms with Gasteiger partial charge in [0.05, 0.1) is 25.2 Å². The van der Waals surface area contributed by atoms with Gasteiger partial charge in [-0.2, -0.15) is 0 Å². The first kappa shape index (κ1) is 11.1. The van der Waals surface area contributed by atoms with Crippen molar-refractivity contribution < 1.29 is 9.84 Å². The number of anilines is 1. The van der Waals surface area contributed by atoms with Gasteiger partial charge in [-0.15, -0.1) is 0 Å². The Morgan fingerprint density at radius 1 is 1.24 bits per heavy atom. The summed E-state index contributed by atoms with van der Waals surface area (Å²) in [7, 11) is 0. The number of aliphatic hydroxyl groups excluding tert-OH is 1. The molecule has 1 aliphatic heterocycles. The van der Waals surface area contributed by atoms with Crippen LogP contribution in [0.2, 0.25) is 0 Å². The van der Waals surface area contributed by atoms with Gasteiger partial charge in [0.25, 0.3) is 0 Å². The second kappa shape index (κ2) is 4.31. The van der Waals surface area contributed by atoms with Crippen LogP contribution in [-0.2, 0) is 17.6 Å². The molecule has 1 aromatic rings. The molecule has 2 N–H and O–H groups in total. The lowest BCUT2D eigenvalue weighted by molar-refractivity contribution is -0.128. The van der Waals surface area contributed by atoms with Crippen LogP contribution in [0.15, 0.2) is 18.2 Å². The highest BCUT2D eigenvalue weighted by Gasteiger charge is 2.37. The molecular formula is C14H19NO2. The molecule has 1 fully saturated rings. The van der Waals surface area contributed by atoms with E-state index in [0.29, 0.717) is 13.2 Å². The standard InChI is InChI=1S/C14H19NO2/c16-8-14(9-17-10-14)7-15-13-5-4-11-2-1-3-12(11)6-13/h4-6,15-16H,1-3,7-10H2. The highest BCUT2D eigenvalue weighted by atomic mass is 16.5. The molecule has 1 aromatic carbocycles. The fraction of sp³-hybridized carbons (Fsp3) is 0.571. The van der Waals surface area contributed by atoms with Crippen molar-refractivity contribution >= 4 is 5.69 Å². The topological polar surface area (TPSA) is 41.5 Å². The summed E-state index contributed by atoms with van der Waals surface area (Å²) in [5, 5.41) is 12.8. The molecule has 3 heteroatoms. The third kappa shape index (κ3) is 2.05. The quantitative estimate of drug-likeness (QED) is 0.830. The first-order valence-electron chi connectivity index (χ1n) is 6.36. The Hall–Kier alpha value is -1.06. The van der Waals surface area contributed by atoms with Crippen LogP contribution in [0.25, 0.3) is 0 Å². The van der Waals surface area contributed by atoms with Crippen molar-refractivity contribution in [3.8, 4) is 0 Å². The first-order valence-corrected chi connectivity index (χ1v) is 6.36.